The highest BCUT2D eigenvalue weighted by atomic mass is 35.5. The van der Waals surface area contributed by atoms with Crippen LogP contribution in [0.25, 0.3) is 0 Å². The van der Waals surface area contributed by atoms with Crippen molar-refractivity contribution in [2.24, 2.45) is 0 Å². The van der Waals surface area contributed by atoms with Gasteiger partial charge in [0, 0.05) is 11.4 Å². The second-order valence-electron chi connectivity index (χ2n) is 6.28. The van der Waals surface area contributed by atoms with Crippen LogP contribution in [0.15, 0.2) is 77.7 Å². The molecule has 0 atom stereocenters. The van der Waals surface area contributed by atoms with Crippen LogP contribution in [0.2, 0.25) is 5.02 Å². The van der Waals surface area contributed by atoms with Gasteiger partial charge in [0.2, 0.25) is 5.91 Å². The summed E-state index contributed by atoms with van der Waals surface area (Å²) in [5.41, 5.74) is 1.70. The Bertz CT molecular complexity index is 1120. The van der Waals surface area contributed by atoms with Crippen molar-refractivity contribution in [3.63, 3.8) is 0 Å². The molecule has 0 bridgehead atoms. The maximum Gasteiger partial charge on any atom is 0.261 e. The Morgan fingerprint density at radius 3 is 2.30 bits per heavy atom. The number of halogens is 2. The molecule has 0 aliphatic rings. The molecular formula is C21H18ClFN2O3S2. The van der Waals surface area contributed by atoms with Crippen molar-refractivity contribution >= 4 is 50.7 Å². The van der Waals surface area contributed by atoms with Crippen molar-refractivity contribution in [2.45, 2.75) is 10.6 Å². The van der Waals surface area contributed by atoms with Crippen LogP contribution in [0.3, 0.4) is 0 Å². The normalized spacial score (nSPS) is 11.1. The molecule has 9 heteroatoms. The highest BCUT2D eigenvalue weighted by Crippen LogP contribution is 2.24. The van der Waals surface area contributed by atoms with Gasteiger partial charge in [0.05, 0.1) is 21.4 Å². The minimum atomic E-state index is -3.81. The van der Waals surface area contributed by atoms with E-state index in [9.17, 15) is 17.6 Å². The van der Waals surface area contributed by atoms with Gasteiger partial charge in [-0.2, -0.15) is 0 Å². The number of hydrogen-bond acceptors (Lipinski definition) is 4. The molecule has 0 heterocycles. The monoisotopic (exact) mass is 464 g/mol. The van der Waals surface area contributed by atoms with Gasteiger partial charge in [0.15, 0.2) is 0 Å². The summed E-state index contributed by atoms with van der Waals surface area (Å²) in [5.74, 6) is 0.283. The van der Waals surface area contributed by atoms with Crippen molar-refractivity contribution < 1.29 is 17.6 Å². The van der Waals surface area contributed by atoms with Gasteiger partial charge in [0.1, 0.15) is 5.82 Å². The fourth-order valence-electron chi connectivity index (χ4n) is 2.50. The highest BCUT2D eigenvalue weighted by molar-refractivity contribution is 7.99. The van der Waals surface area contributed by atoms with Gasteiger partial charge in [-0.05, 0) is 54.1 Å². The molecule has 0 aliphatic carbocycles. The number of carbonyl (C=O) groups is 1. The Hall–Kier alpha value is -2.55. The molecule has 0 aliphatic heterocycles. The first-order chi connectivity index (χ1) is 14.3. The number of amides is 1. The van der Waals surface area contributed by atoms with Crippen LogP contribution in [0.1, 0.15) is 5.56 Å². The number of rotatable bonds is 8. The largest absolute Gasteiger partial charge is 0.325 e. The van der Waals surface area contributed by atoms with E-state index in [1.54, 1.807) is 36.4 Å². The van der Waals surface area contributed by atoms with E-state index in [1.807, 2.05) is 0 Å². The van der Waals surface area contributed by atoms with Crippen LogP contribution in [0, 0.1) is 5.82 Å². The van der Waals surface area contributed by atoms with Crippen LogP contribution in [0.4, 0.5) is 15.8 Å². The topological polar surface area (TPSA) is 75.3 Å². The van der Waals surface area contributed by atoms with Gasteiger partial charge in [-0.25, -0.2) is 12.8 Å². The quantitative estimate of drug-likeness (QED) is 0.483. The second kappa shape index (κ2) is 9.97. The predicted molar refractivity (Wildman–Crippen MR) is 120 cm³/mol. The third kappa shape index (κ3) is 6.22. The highest BCUT2D eigenvalue weighted by Gasteiger charge is 2.15. The van der Waals surface area contributed by atoms with Crippen molar-refractivity contribution in [1.29, 1.82) is 0 Å². The molecule has 0 radical (unpaired) electrons. The lowest BCUT2D eigenvalue weighted by atomic mass is 10.2. The van der Waals surface area contributed by atoms with Crippen molar-refractivity contribution in [2.75, 3.05) is 15.8 Å². The number of para-hydroxylation sites is 1. The molecule has 3 aromatic carbocycles. The van der Waals surface area contributed by atoms with Gasteiger partial charge in [0.25, 0.3) is 10.0 Å². The van der Waals surface area contributed by atoms with E-state index in [0.717, 1.165) is 5.56 Å². The zero-order chi connectivity index (χ0) is 21.6. The van der Waals surface area contributed by atoms with E-state index >= 15 is 0 Å². The van der Waals surface area contributed by atoms with Crippen molar-refractivity contribution in [3.05, 3.63) is 89.2 Å². The van der Waals surface area contributed by atoms with Gasteiger partial charge in [-0.3, -0.25) is 9.52 Å². The lowest BCUT2D eigenvalue weighted by Crippen LogP contribution is -2.15. The molecule has 3 aromatic rings. The molecule has 0 saturated heterocycles. The Morgan fingerprint density at radius 2 is 1.63 bits per heavy atom. The number of thioether (sulfide) groups is 1. The standard InChI is InChI=1S/C21H18ClFN2O3S2/c22-19-3-1-2-4-20(19)25-30(27,28)18-11-9-17(10-12-18)24-21(26)14-29-13-15-5-7-16(23)8-6-15/h1-12,25H,13-14H2,(H,24,26). The van der Waals surface area contributed by atoms with Crippen LogP contribution in [0.5, 0.6) is 0 Å². The summed E-state index contributed by atoms with van der Waals surface area (Å²) in [6.07, 6.45) is 0. The lowest BCUT2D eigenvalue weighted by molar-refractivity contribution is -0.113. The zero-order valence-electron chi connectivity index (χ0n) is 15.6. The Morgan fingerprint density at radius 1 is 0.967 bits per heavy atom. The molecule has 1 amide bonds. The number of benzene rings is 3. The summed E-state index contributed by atoms with van der Waals surface area (Å²) >= 11 is 7.39. The fourth-order valence-corrected chi connectivity index (χ4v) is 4.61. The third-order valence-corrected chi connectivity index (χ3v) is 6.70. The SMILES string of the molecule is O=C(CSCc1ccc(F)cc1)Nc1ccc(S(=O)(=O)Nc2ccccc2Cl)cc1. The van der Waals surface area contributed by atoms with Gasteiger partial charge in [-0.15, -0.1) is 11.8 Å². The molecule has 156 valence electrons. The second-order valence-corrected chi connectivity index (χ2v) is 9.35. The molecule has 3 rings (SSSR count). The maximum absolute atomic E-state index is 12.9. The average molecular weight is 465 g/mol. The Kier molecular flexibility index (Phi) is 7.36. The first kappa shape index (κ1) is 22.1. The molecule has 0 unspecified atom stereocenters. The Balaban J connectivity index is 1.54. The average Bonchev–Trinajstić information content (AvgIpc) is 2.71. The fraction of sp³-hybridized carbons (Fsp3) is 0.0952. The maximum atomic E-state index is 12.9. The molecule has 0 fully saturated rings. The summed E-state index contributed by atoms with van der Waals surface area (Å²) in [6, 6.07) is 18.5. The predicted octanol–water partition coefficient (Wildman–Crippen LogP) is 5.15. The summed E-state index contributed by atoms with van der Waals surface area (Å²) < 4.78 is 40.3. The van der Waals surface area contributed by atoms with Gasteiger partial charge in [-0.1, -0.05) is 35.9 Å². The summed E-state index contributed by atoms with van der Waals surface area (Å²) in [7, 11) is -3.81. The van der Waals surface area contributed by atoms with Crippen LogP contribution >= 0.6 is 23.4 Å². The van der Waals surface area contributed by atoms with Crippen LogP contribution in [-0.4, -0.2) is 20.1 Å². The van der Waals surface area contributed by atoms with E-state index in [1.165, 1.54) is 48.2 Å². The van der Waals surface area contributed by atoms with E-state index in [4.69, 9.17) is 11.6 Å². The smallest absolute Gasteiger partial charge is 0.261 e. The number of sulfonamides is 1. The Labute approximate surface area is 183 Å². The van der Waals surface area contributed by atoms with Crippen LogP contribution < -0.4 is 10.0 Å². The van der Waals surface area contributed by atoms with E-state index < -0.39 is 10.0 Å². The molecule has 2 N–H and O–H groups in total. The summed E-state index contributed by atoms with van der Waals surface area (Å²) in [5, 5.41) is 3.01. The van der Waals surface area contributed by atoms with Crippen molar-refractivity contribution in [1.82, 2.24) is 0 Å². The van der Waals surface area contributed by atoms with Gasteiger partial charge < -0.3 is 5.32 Å². The molecular weight excluding hydrogens is 447 g/mol. The molecule has 0 saturated carbocycles. The lowest BCUT2D eigenvalue weighted by Gasteiger charge is -2.10. The number of nitrogens with one attached hydrogen (secondary N) is 2. The summed E-state index contributed by atoms with van der Waals surface area (Å²) in [4.78, 5) is 12.1. The number of anilines is 2. The third-order valence-electron chi connectivity index (χ3n) is 3.98. The van der Waals surface area contributed by atoms with Crippen LogP contribution in [-0.2, 0) is 20.6 Å². The van der Waals surface area contributed by atoms with Gasteiger partial charge >= 0.3 is 0 Å². The zero-order valence-corrected chi connectivity index (χ0v) is 18.0. The first-order valence-corrected chi connectivity index (χ1v) is 11.8. The first-order valence-electron chi connectivity index (χ1n) is 8.83. The molecule has 30 heavy (non-hydrogen) atoms. The number of carbonyl (C=O) groups excluding carboxylic acids is 1. The van der Waals surface area contributed by atoms with E-state index in [-0.39, 0.29) is 28.1 Å². The molecule has 0 spiro atoms. The summed E-state index contributed by atoms with van der Waals surface area (Å²) in [6.45, 7) is 0. The van der Waals surface area contributed by atoms with Crippen molar-refractivity contribution in [3.8, 4) is 0 Å². The minimum absolute atomic E-state index is 0.0473. The number of hydrogen-bond donors (Lipinski definition) is 2. The van der Waals surface area contributed by atoms with E-state index in [2.05, 4.69) is 10.0 Å². The molecule has 5 nitrogen and oxygen atoms in total. The molecule has 0 aromatic heterocycles. The minimum Gasteiger partial charge on any atom is -0.325 e. The van der Waals surface area contributed by atoms with E-state index in [0.29, 0.717) is 16.5 Å².